The molecule has 30 heavy (non-hydrogen) atoms. The van der Waals surface area contributed by atoms with E-state index >= 15 is 0 Å². The second-order valence-electron chi connectivity index (χ2n) is 5.68. The number of rotatable bonds is 5. The van der Waals surface area contributed by atoms with Gasteiger partial charge < -0.3 is 24.1 Å². The molecule has 0 aliphatic heterocycles. The number of carbonyl (C=O) groups is 2. The molecule has 0 saturated carbocycles. The van der Waals surface area contributed by atoms with Crippen molar-refractivity contribution in [2.75, 3.05) is 6.61 Å². The van der Waals surface area contributed by atoms with Crippen molar-refractivity contribution in [3.63, 3.8) is 0 Å². The molecule has 0 aliphatic carbocycles. The van der Waals surface area contributed by atoms with Crippen molar-refractivity contribution in [2.45, 2.75) is 13.5 Å². The lowest BCUT2D eigenvalue weighted by atomic mass is 10.2. The summed E-state index contributed by atoms with van der Waals surface area (Å²) in [5.41, 5.74) is 0.556. The average Bonchev–Trinajstić information content (AvgIpc) is 2.75. The van der Waals surface area contributed by atoms with Crippen molar-refractivity contribution >= 4 is 12.3 Å². The van der Waals surface area contributed by atoms with Crippen LogP contribution in [0.3, 0.4) is 0 Å². The predicted molar refractivity (Wildman–Crippen MR) is 109 cm³/mol. The van der Waals surface area contributed by atoms with E-state index < -0.39 is 12.3 Å². The minimum Gasteiger partial charge on any atom is -0.508 e. The van der Waals surface area contributed by atoms with Crippen LogP contribution in [0.4, 0.5) is 9.59 Å². The zero-order valence-electron chi connectivity index (χ0n) is 16.4. The van der Waals surface area contributed by atoms with Crippen molar-refractivity contribution in [1.82, 2.24) is 0 Å². The maximum absolute atomic E-state index is 11.3. The number of phenols is 1. The van der Waals surface area contributed by atoms with E-state index in [9.17, 15) is 14.7 Å². The molecule has 0 spiro atoms. The van der Waals surface area contributed by atoms with Crippen LogP contribution in [-0.4, -0.2) is 24.0 Å². The molecular formula is C23H22O7. The molecule has 0 saturated heterocycles. The highest BCUT2D eigenvalue weighted by molar-refractivity contribution is 5.66. The van der Waals surface area contributed by atoms with Gasteiger partial charge >= 0.3 is 12.3 Å². The smallest absolute Gasteiger partial charge is 0.508 e. The highest BCUT2D eigenvalue weighted by Gasteiger charge is 2.06. The number of carbonyl (C=O) groups excluding carboxylic acids is 2. The fraction of sp³-hybridized carbons (Fsp3) is 0.130. The van der Waals surface area contributed by atoms with Gasteiger partial charge in [-0.15, -0.1) is 0 Å². The normalized spacial score (nSPS) is 9.50. The number of hydrogen-bond donors (Lipinski definition) is 1. The van der Waals surface area contributed by atoms with Crippen molar-refractivity contribution in [3.8, 4) is 17.2 Å². The molecule has 0 heterocycles. The Morgan fingerprint density at radius 2 is 1.20 bits per heavy atom. The Kier molecular flexibility index (Phi) is 9.26. The third-order valence-corrected chi connectivity index (χ3v) is 3.49. The Morgan fingerprint density at radius 1 is 0.700 bits per heavy atom. The van der Waals surface area contributed by atoms with Crippen LogP contribution in [0.25, 0.3) is 0 Å². The van der Waals surface area contributed by atoms with Gasteiger partial charge in [0.1, 0.15) is 23.9 Å². The summed E-state index contributed by atoms with van der Waals surface area (Å²) >= 11 is 0. The van der Waals surface area contributed by atoms with Gasteiger partial charge in [-0.3, -0.25) is 0 Å². The number of ether oxygens (including phenoxy) is 4. The highest BCUT2D eigenvalue weighted by Crippen LogP contribution is 2.16. The molecular weight excluding hydrogens is 388 g/mol. The Labute approximate surface area is 174 Å². The molecule has 0 atom stereocenters. The number of benzene rings is 3. The van der Waals surface area contributed by atoms with Gasteiger partial charge in [0, 0.05) is 5.56 Å². The summed E-state index contributed by atoms with van der Waals surface area (Å²) < 4.78 is 19.2. The lowest BCUT2D eigenvalue weighted by Gasteiger charge is -2.05. The van der Waals surface area contributed by atoms with Crippen LogP contribution in [0.15, 0.2) is 84.9 Å². The molecule has 0 aliphatic rings. The summed E-state index contributed by atoms with van der Waals surface area (Å²) in [7, 11) is 0. The van der Waals surface area contributed by atoms with Gasteiger partial charge in [-0.25, -0.2) is 9.59 Å². The summed E-state index contributed by atoms with van der Waals surface area (Å²) in [6.07, 6.45) is -1.46. The van der Waals surface area contributed by atoms with E-state index in [1.165, 1.54) is 6.07 Å². The fourth-order valence-electron chi connectivity index (χ4n) is 2.12. The molecule has 0 fully saturated rings. The molecule has 3 aromatic carbocycles. The molecule has 156 valence electrons. The molecule has 0 amide bonds. The molecule has 3 rings (SSSR count). The standard InChI is InChI=1S/C13H10O3.C10H12O4/c14-13(15-11-7-3-1-4-8-11)16-12-9-5-2-6-10-12;1-2-13-10(12)14-7-8-5-3-4-6-9(8)11/h1-10H;3-6,11H,2,7H2,1H3. The Hall–Kier alpha value is -4.00. The summed E-state index contributed by atoms with van der Waals surface area (Å²) in [6, 6.07) is 24.2. The van der Waals surface area contributed by atoms with E-state index in [0.717, 1.165) is 0 Å². The topological polar surface area (TPSA) is 91.3 Å². The van der Waals surface area contributed by atoms with Gasteiger partial charge in [0.2, 0.25) is 0 Å². The summed E-state index contributed by atoms with van der Waals surface area (Å²) in [4.78, 5) is 22.1. The molecule has 7 nitrogen and oxygen atoms in total. The van der Waals surface area contributed by atoms with Crippen LogP contribution in [0.2, 0.25) is 0 Å². The average molecular weight is 410 g/mol. The second kappa shape index (κ2) is 12.5. The molecule has 0 aromatic heterocycles. The van der Waals surface area contributed by atoms with E-state index in [1.807, 2.05) is 12.1 Å². The molecule has 3 aromatic rings. The zero-order valence-corrected chi connectivity index (χ0v) is 16.4. The van der Waals surface area contributed by atoms with E-state index in [0.29, 0.717) is 17.1 Å². The van der Waals surface area contributed by atoms with Gasteiger partial charge in [-0.1, -0.05) is 54.6 Å². The minimum absolute atomic E-state index is 0.0194. The van der Waals surface area contributed by atoms with Gasteiger partial charge in [0.05, 0.1) is 6.61 Å². The summed E-state index contributed by atoms with van der Waals surface area (Å²) in [5.74, 6) is 1.03. The van der Waals surface area contributed by atoms with E-state index in [4.69, 9.17) is 14.2 Å². The van der Waals surface area contributed by atoms with Crippen LogP contribution in [-0.2, 0) is 16.1 Å². The zero-order chi connectivity index (χ0) is 21.6. The maximum atomic E-state index is 11.3. The van der Waals surface area contributed by atoms with Gasteiger partial charge in [0.15, 0.2) is 0 Å². The third-order valence-electron chi connectivity index (χ3n) is 3.49. The first-order valence-electron chi connectivity index (χ1n) is 9.14. The van der Waals surface area contributed by atoms with Crippen LogP contribution in [0.1, 0.15) is 12.5 Å². The lowest BCUT2D eigenvalue weighted by Crippen LogP contribution is -2.13. The van der Waals surface area contributed by atoms with Crippen molar-refractivity contribution < 1.29 is 33.6 Å². The van der Waals surface area contributed by atoms with Crippen molar-refractivity contribution in [1.29, 1.82) is 0 Å². The predicted octanol–water partition coefficient (Wildman–Crippen LogP) is 5.33. The first-order chi connectivity index (χ1) is 14.6. The van der Waals surface area contributed by atoms with Crippen molar-refractivity contribution in [3.05, 3.63) is 90.5 Å². The highest BCUT2D eigenvalue weighted by atomic mass is 16.7. The van der Waals surface area contributed by atoms with Gasteiger partial charge in [0.25, 0.3) is 0 Å². The van der Waals surface area contributed by atoms with E-state index in [-0.39, 0.29) is 19.0 Å². The SMILES string of the molecule is CCOC(=O)OCc1ccccc1O.O=C(Oc1ccccc1)Oc1ccccc1. The van der Waals surface area contributed by atoms with E-state index in [1.54, 1.807) is 73.7 Å². The van der Waals surface area contributed by atoms with Crippen molar-refractivity contribution in [2.24, 2.45) is 0 Å². The van der Waals surface area contributed by atoms with Gasteiger partial charge in [-0.2, -0.15) is 0 Å². The summed E-state index contributed by atoms with van der Waals surface area (Å²) in [5, 5.41) is 9.32. The number of aromatic hydroxyl groups is 1. The second-order valence-corrected chi connectivity index (χ2v) is 5.68. The number of para-hydroxylation sites is 3. The van der Waals surface area contributed by atoms with Gasteiger partial charge in [-0.05, 0) is 37.3 Å². The number of hydrogen-bond acceptors (Lipinski definition) is 7. The third kappa shape index (κ3) is 8.35. The van der Waals surface area contributed by atoms with E-state index in [2.05, 4.69) is 4.74 Å². The molecule has 1 N–H and O–H groups in total. The summed E-state index contributed by atoms with van der Waals surface area (Å²) in [6.45, 7) is 1.99. The maximum Gasteiger partial charge on any atom is 0.519 e. The first kappa shape index (κ1) is 22.3. The quantitative estimate of drug-likeness (QED) is 0.449. The molecule has 0 bridgehead atoms. The minimum atomic E-state index is -0.739. The van der Waals surface area contributed by atoms with Crippen LogP contribution >= 0.6 is 0 Å². The Bertz CT molecular complexity index is 868. The Balaban J connectivity index is 0.000000216. The van der Waals surface area contributed by atoms with Crippen LogP contribution < -0.4 is 9.47 Å². The number of phenolic OH excluding ortho intramolecular Hbond substituents is 1. The Morgan fingerprint density at radius 3 is 1.70 bits per heavy atom. The molecule has 7 heteroatoms. The first-order valence-corrected chi connectivity index (χ1v) is 9.14. The molecule has 0 unspecified atom stereocenters. The van der Waals surface area contributed by atoms with Crippen LogP contribution in [0.5, 0.6) is 17.2 Å². The fourth-order valence-corrected chi connectivity index (χ4v) is 2.12. The molecule has 0 radical (unpaired) electrons. The van der Waals surface area contributed by atoms with Crippen LogP contribution in [0, 0.1) is 0 Å². The largest absolute Gasteiger partial charge is 0.519 e. The lowest BCUT2D eigenvalue weighted by molar-refractivity contribution is 0.0531. The monoisotopic (exact) mass is 410 g/mol.